The Bertz CT molecular complexity index is 463. The highest BCUT2D eigenvalue weighted by molar-refractivity contribution is 6.36. The minimum absolute atomic E-state index is 0.0858. The van der Waals surface area contributed by atoms with E-state index in [4.69, 9.17) is 4.74 Å². The Morgan fingerprint density at radius 1 is 1.53 bits per heavy atom. The first-order valence-corrected chi connectivity index (χ1v) is 5.88. The Morgan fingerprint density at radius 3 is 2.89 bits per heavy atom. The van der Waals surface area contributed by atoms with Gasteiger partial charge >= 0.3 is 6.09 Å². The van der Waals surface area contributed by atoms with Gasteiger partial charge in [-0.2, -0.15) is 0 Å². The van der Waals surface area contributed by atoms with Crippen molar-refractivity contribution in [2.24, 2.45) is 0 Å². The number of carbonyl (C=O) groups excluding carboxylic acids is 3. The molecular formula is C13H16N2O4. The maximum Gasteiger partial charge on any atom is 0.411 e. The van der Waals surface area contributed by atoms with Gasteiger partial charge in [0.1, 0.15) is 6.61 Å². The van der Waals surface area contributed by atoms with Gasteiger partial charge in [0.15, 0.2) is 0 Å². The van der Waals surface area contributed by atoms with Crippen molar-refractivity contribution in [3.63, 3.8) is 0 Å². The zero-order chi connectivity index (χ0) is 14.3. The van der Waals surface area contributed by atoms with Crippen LogP contribution in [0.1, 0.15) is 19.8 Å². The van der Waals surface area contributed by atoms with E-state index in [1.54, 1.807) is 6.08 Å². The van der Waals surface area contributed by atoms with E-state index >= 15 is 0 Å². The molecule has 0 aromatic heterocycles. The van der Waals surface area contributed by atoms with Crippen LogP contribution >= 0.6 is 0 Å². The molecule has 1 rings (SSSR count). The van der Waals surface area contributed by atoms with Crippen LogP contribution in [-0.2, 0) is 14.3 Å². The van der Waals surface area contributed by atoms with Gasteiger partial charge in [0.05, 0.1) is 5.70 Å². The average molecular weight is 264 g/mol. The normalized spacial score (nSPS) is 14.9. The first kappa shape index (κ1) is 14.7. The average Bonchev–Trinajstić information content (AvgIpc) is 2.40. The van der Waals surface area contributed by atoms with Crippen molar-refractivity contribution in [3.8, 4) is 0 Å². The molecule has 0 aliphatic carbocycles. The lowest BCUT2D eigenvalue weighted by Crippen LogP contribution is -2.30. The quantitative estimate of drug-likeness (QED) is 0.705. The van der Waals surface area contributed by atoms with Crippen molar-refractivity contribution < 1.29 is 19.1 Å². The van der Waals surface area contributed by atoms with Crippen molar-refractivity contribution >= 4 is 17.8 Å². The van der Waals surface area contributed by atoms with E-state index < -0.39 is 17.8 Å². The van der Waals surface area contributed by atoms with Gasteiger partial charge in [0.2, 0.25) is 5.78 Å². The molecule has 1 aliphatic heterocycles. The second-order valence-corrected chi connectivity index (χ2v) is 3.82. The van der Waals surface area contributed by atoms with Crippen molar-refractivity contribution in [1.29, 1.82) is 0 Å². The third-order valence-corrected chi connectivity index (χ3v) is 2.37. The Kier molecular flexibility index (Phi) is 5.53. The van der Waals surface area contributed by atoms with Crippen LogP contribution < -0.4 is 10.6 Å². The molecule has 0 bridgehead atoms. The van der Waals surface area contributed by atoms with Gasteiger partial charge in [-0.05, 0) is 18.6 Å². The molecule has 102 valence electrons. The molecule has 1 heterocycles. The van der Waals surface area contributed by atoms with E-state index in [0.717, 1.165) is 0 Å². The number of allylic oxidation sites excluding steroid dienone is 1. The summed E-state index contributed by atoms with van der Waals surface area (Å²) in [5.74, 6) is -1.11. The van der Waals surface area contributed by atoms with Gasteiger partial charge in [-0.1, -0.05) is 13.5 Å². The van der Waals surface area contributed by atoms with Crippen LogP contribution in [0.4, 0.5) is 4.79 Å². The summed E-state index contributed by atoms with van der Waals surface area (Å²) >= 11 is 0. The Hall–Kier alpha value is -2.37. The summed E-state index contributed by atoms with van der Waals surface area (Å²) in [6, 6.07) is 0. The topological polar surface area (TPSA) is 84.5 Å². The maximum atomic E-state index is 11.3. The summed E-state index contributed by atoms with van der Waals surface area (Å²) in [6.07, 6.45) is 4.67. The molecule has 2 N–H and O–H groups in total. The monoisotopic (exact) mass is 264 g/mol. The highest BCUT2D eigenvalue weighted by Crippen LogP contribution is 2.10. The molecule has 0 unspecified atom stereocenters. The lowest BCUT2D eigenvalue weighted by atomic mass is 10.2. The first-order valence-electron chi connectivity index (χ1n) is 5.88. The zero-order valence-electron chi connectivity index (χ0n) is 10.7. The number of hydrogen-bond acceptors (Lipinski definition) is 4. The lowest BCUT2D eigenvalue weighted by Gasteiger charge is -2.16. The molecule has 0 saturated carbocycles. The van der Waals surface area contributed by atoms with Crippen LogP contribution in [0.3, 0.4) is 0 Å². The van der Waals surface area contributed by atoms with Crippen LogP contribution in [0.25, 0.3) is 0 Å². The maximum absolute atomic E-state index is 11.3. The highest BCUT2D eigenvalue weighted by atomic mass is 16.5. The van der Waals surface area contributed by atoms with E-state index in [2.05, 4.69) is 17.2 Å². The fourth-order valence-electron chi connectivity index (χ4n) is 1.41. The van der Waals surface area contributed by atoms with E-state index in [1.165, 1.54) is 12.3 Å². The molecule has 6 nitrogen and oxygen atoms in total. The molecular weight excluding hydrogens is 248 g/mol. The predicted molar refractivity (Wildman–Crippen MR) is 68.9 cm³/mol. The Morgan fingerprint density at radius 2 is 2.26 bits per heavy atom. The zero-order valence-corrected chi connectivity index (χ0v) is 10.7. The molecule has 0 spiro atoms. The van der Waals surface area contributed by atoms with Gasteiger partial charge in [0, 0.05) is 18.2 Å². The summed E-state index contributed by atoms with van der Waals surface area (Å²) in [7, 11) is 0. The number of alkyl carbamates (subject to hydrolysis) is 1. The summed E-state index contributed by atoms with van der Waals surface area (Å²) in [6.45, 7) is 5.47. The molecule has 0 atom stereocenters. The van der Waals surface area contributed by atoms with Crippen LogP contribution in [0.15, 0.2) is 36.2 Å². The molecule has 0 aromatic rings. The molecule has 1 aliphatic rings. The molecule has 2 amide bonds. The number of hydrogen-bond donors (Lipinski definition) is 2. The summed E-state index contributed by atoms with van der Waals surface area (Å²) in [5.41, 5.74) is 1.17. The summed E-state index contributed by atoms with van der Waals surface area (Å²) in [5, 5.41) is 4.83. The van der Waals surface area contributed by atoms with Gasteiger partial charge in [-0.25, -0.2) is 4.79 Å². The Balaban J connectivity index is 2.61. The third kappa shape index (κ3) is 4.42. The molecule has 19 heavy (non-hydrogen) atoms. The SMILES string of the molecule is C=CC1=C(/C=C/NC(=O)C(=O)CCC)COC(=O)N1. The second-order valence-electron chi connectivity index (χ2n) is 3.82. The van der Waals surface area contributed by atoms with E-state index in [-0.39, 0.29) is 13.0 Å². The van der Waals surface area contributed by atoms with Crippen LogP contribution in [-0.4, -0.2) is 24.4 Å². The number of ketones is 1. The van der Waals surface area contributed by atoms with E-state index in [1.807, 2.05) is 6.92 Å². The first-order chi connectivity index (χ1) is 9.08. The summed E-state index contributed by atoms with van der Waals surface area (Å²) in [4.78, 5) is 33.5. The summed E-state index contributed by atoms with van der Waals surface area (Å²) < 4.78 is 4.78. The number of rotatable bonds is 6. The molecule has 0 aromatic carbocycles. The fourth-order valence-corrected chi connectivity index (χ4v) is 1.41. The third-order valence-electron chi connectivity index (χ3n) is 2.37. The second kappa shape index (κ2) is 7.15. The molecule has 0 fully saturated rings. The number of carbonyl (C=O) groups is 3. The van der Waals surface area contributed by atoms with Crippen LogP contribution in [0, 0.1) is 0 Å². The van der Waals surface area contributed by atoms with Gasteiger partial charge in [-0.15, -0.1) is 0 Å². The van der Waals surface area contributed by atoms with Crippen molar-refractivity contribution in [2.45, 2.75) is 19.8 Å². The number of nitrogens with one attached hydrogen (secondary N) is 2. The number of cyclic esters (lactones) is 1. The number of amides is 2. The molecule has 0 saturated heterocycles. The van der Waals surface area contributed by atoms with E-state index in [0.29, 0.717) is 17.7 Å². The molecule has 0 radical (unpaired) electrons. The number of Topliss-reactive ketones (excluding diaryl/α,β-unsaturated/α-hetero) is 1. The lowest BCUT2D eigenvalue weighted by molar-refractivity contribution is -0.137. The van der Waals surface area contributed by atoms with Crippen molar-refractivity contribution in [1.82, 2.24) is 10.6 Å². The predicted octanol–water partition coefficient (Wildman–Crippen LogP) is 1.17. The van der Waals surface area contributed by atoms with Gasteiger partial charge in [-0.3, -0.25) is 14.9 Å². The van der Waals surface area contributed by atoms with E-state index in [9.17, 15) is 14.4 Å². The van der Waals surface area contributed by atoms with Gasteiger partial charge < -0.3 is 10.1 Å². The largest absolute Gasteiger partial charge is 0.444 e. The standard InChI is InChI=1S/C13H16N2O4/c1-3-5-11(16)12(17)14-7-6-9-8-19-13(18)15-10(9)4-2/h4,6-7H,2-3,5,8H2,1H3,(H,14,17)(H,15,18)/b7-6+. The van der Waals surface area contributed by atoms with Crippen molar-refractivity contribution in [3.05, 3.63) is 36.2 Å². The molecule has 6 heteroatoms. The van der Waals surface area contributed by atoms with Gasteiger partial charge in [0.25, 0.3) is 5.91 Å². The Labute approximate surface area is 111 Å². The fraction of sp³-hybridized carbons (Fsp3) is 0.308. The van der Waals surface area contributed by atoms with Crippen molar-refractivity contribution in [2.75, 3.05) is 6.61 Å². The minimum Gasteiger partial charge on any atom is -0.444 e. The highest BCUT2D eigenvalue weighted by Gasteiger charge is 2.15. The van der Waals surface area contributed by atoms with Crippen LogP contribution in [0.5, 0.6) is 0 Å². The number of ether oxygens (including phenoxy) is 1. The minimum atomic E-state index is -0.653. The smallest absolute Gasteiger partial charge is 0.411 e. The van der Waals surface area contributed by atoms with Crippen LogP contribution in [0.2, 0.25) is 0 Å².